The molecule has 1 saturated heterocycles. The van der Waals surface area contributed by atoms with Crippen molar-refractivity contribution in [2.24, 2.45) is 0 Å². The molecular weight excluding hydrogens is 234 g/mol. The first kappa shape index (κ1) is 14.5. The average Bonchev–Trinajstić information content (AvgIpc) is 2.48. The van der Waals surface area contributed by atoms with Crippen molar-refractivity contribution in [3.8, 4) is 0 Å². The molecule has 0 bridgehead atoms. The lowest BCUT2D eigenvalue weighted by molar-refractivity contribution is 0.176. The van der Waals surface area contributed by atoms with Crippen molar-refractivity contribution in [3.63, 3.8) is 0 Å². The van der Waals surface area contributed by atoms with Gasteiger partial charge >= 0.3 is 0 Å². The molecule has 1 aliphatic rings. The van der Waals surface area contributed by atoms with Gasteiger partial charge in [-0.25, -0.2) is 0 Å². The van der Waals surface area contributed by atoms with E-state index in [-0.39, 0.29) is 0 Å². The number of aromatic nitrogens is 1. The Morgan fingerprint density at radius 3 is 3.00 bits per heavy atom. The van der Waals surface area contributed by atoms with E-state index in [0.717, 1.165) is 13.1 Å². The number of nitrogens with one attached hydrogen (secondary N) is 1. The molecule has 2 heterocycles. The highest BCUT2D eigenvalue weighted by molar-refractivity contribution is 5.13. The van der Waals surface area contributed by atoms with Crippen LogP contribution in [0.1, 0.15) is 51.1 Å². The molecule has 1 aromatic rings. The van der Waals surface area contributed by atoms with Crippen molar-refractivity contribution in [2.45, 2.75) is 51.6 Å². The smallest absolute Gasteiger partial charge is 0.0335 e. The van der Waals surface area contributed by atoms with E-state index < -0.39 is 0 Å². The molecule has 3 heteroatoms. The Morgan fingerprint density at radius 1 is 1.47 bits per heavy atom. The number of piperidine rings is 1. The van der Waals surface area contributed by atoms with Crippen LogP contribution in [-0.2, 0) is 0 Å². The van der Waals surface area contributed by atoms with Crippen molar-refractivity contribution in [1.29, 1.82) is 0 Å². The second-order valence-electron chi connectivity index (χ2n) is 5.60. The van der Waals surface area contributed by atoms with Gasteiger partial charge in [-0.15, -0.1) is 0 Å². The summed E-state index contributed by atoms with van der Waals surface area (Å²) in [5, 5.41) is 3.66. The molecule has 0 amide bonds. The number of hydrogen-bond donors (Lipinski definition) is 1. The zero-order valence-corrected chi connectivity index (χ0v) is 12.3. The van der Waals surface area contributed by atoms with E-state index in [1.54, 1.807) is 0 Å². The molecule has 0 saturated carbocycles. The van der Waals surface area contributed by atoms with Gasteiger partial charge in [0, 0.05) is 31.0 Å². The quantitative estimate of drug-likeness (QED) is 0.853. The van der Waals surface area contributed by atoms with Crippen molar-refractivity contribution >= 4 is 0 Å². The van der Waals surface area contributed by atoms with E-state index in [1.807, 2.05) is 18.5 Å². The van der Waals surface area contributed by atoms with Crippen LogP contribution < -0.4 is 5.32 Å². The lowest BCUT2D eigenvalue weighted by Crippen LogP contribution is -2.44. The van der Waals surface area contributed by atoms with Crippen molar-refractivity contribution in [3.05, 3.63) is 30.1 Å². The summed E-state index contributed by atoms with van der Waals surface area (Å²) < 4.78 is 0. The summed E-state index contributed by atoms with van der Waals surface area (Å²) in [6, 6.07) is 5.35. The molecule has 0 aromatic carbocycles. The van der Waals surface area contributed by atoms with Gasteiger partial charge in [0.25, 0.3) is 0 Å². The van der Waals surface area contributed by atoms with Gasteiger partial charge in [0.15, 0.2) is 0 Å². The lowest BCUT2D eigenvalue weighted by atomic mass is 10.0. The highest BCUT2D eigenvalue weighted by Crippen LogP contribution is 2.21. The van der Waals surface area contributed by atoms with E-state index in [0.29, 0.717) is 12.1 Å². The van der Waals surface area contributed by atoms with Gasteiger partial charge in [-0.3, -0.25) is 9.88 Å². The molecule has 2 rings (SSSR count). The lowest BCUT2D eigenvalue weighted by Gasteiger charge is -2.34. The third-order valence-electron chi connectivity index (χ3n) is 4.09. The normalized spacial score (nSPS) is 21.5. The molecule has 1 aromatic heterocycles. The fourth-order valence-electron chi connectivity index (χ4n) is 2.93. The summed E-state index contributed by atoms with van der Waals surface area (Å²) >= 11 is 0. The minimum absolute atomic E-state index is 0.456. The summed E-state index contributed by atoms with van der Waals surface area (Å²) in [6.07, 6.45) is 9.09. The van der Waals surface area contributed by atoms with Crippen LogP contribution in [-0.4, -0.2) is 35.6 Å². The van der Waals surface area contributed by atoms with Gasteiger partial charge in [-0.1, -0.05) is 19.4 Å². The molecule has 0 radical (unpaired) electrons. The topological polar surface area (TPSA) is 28.2 Å². The second kappa shape index (κ2) is 7.61. The number of rotatable bonds is 6. The van der Waals surface area contributed by atoms with Crippen molar-refractivity contribution < 1.29 is 0 Å². The van der Waals surface area contributed by atoms with Crippen LogP contribution in [0.15, 0.2) is 24.5 Å². The summed E-state index contributed by atoms with van der Waals surface area (Å²) in [6.45, 7) is 8.07. The monoisotopic (exact) mass is 261 g/mol. The molecule has 2 atom stereocenters. The maximum Gasteiger partial charge on any atom is 0.0335 e. The second-order valence-corrected chi connectivity index (χ2v) is 5.60. The minimum Gasteiger partial charge on any atom is -0.313 e. The predicted molar refractivity (Wildman–Crippen MR) is 80.2 cm³/mol. The molecule has 1 N–H and O–H groups in total. The highest BCUT2D eigenvalue weighted by atomic mass is 15.2. The third kappa shape index (κ3) is 4.29. The molecule has 19 heavy (non-hydrogen) atoms. The number of hydrogen-bond acceptors (Lipinski definition) is 3. The van der Waals surface area contributed by atoms with E-state index in [2.05, 4.69) is 35.1 Å². The van der Waals surface area contributed by atoms with Gasteiger partial charge in [0.2, 0.25) is 0 Å². The van der Waals surface area contributed by atoms with Crippen molar-refractivity contribution in [1.82, 2.24) is 15.2 Å². The summed E-state index contributed by atoms with van der Waals surface area (Å²) in [5.41, 5.74) is 1.33. The van der Waals surface area contributed by atoms with Crippen molar-refractivity contribution in [2.75, 3.05) is 19.6 Å². The molecular formula is C16H27N3. The SMILES string of the molecule is CCCN(CC1CCCCN1)C(C)c1cccnc1. The molecule has 3 nitrogen and oxygen atoms in total. The summed E-state index contributed by atoms with van der Waals surface area (Å²) in [7, 11) is 0. The average molecular weight is 261 g/mol. The summed E-state index contributed by atoms with van der Waals surface area (Å²) in [5.74, 6) is 0. The van der Waals surface area contributed by atoms with Crippen LogP contribution in [0, 0.1) is 0 Å². The predicted octanol–water partition coefficient (Wildman–Crippen LogP) is 3.00. The molecule has 0 spiro atoms. The maximum absolute atomic E-state index is 4.25. The number of nitrogens with zero attached hydrogens (tertiary/aromatic N) is 2. The van der Waals surface area contributed by atoms with Crippen LogP contribution in [0.2, 0.25) is 0 Å². The highest BCUT2D eigenvalue weighted by Gasteiger charge is 2.20. The minimum atomic E-state index is 0.456. The fraction of sp³-hybridized carbons (Fsp3) is 0.688. The largest absolute Gasteiger partial charge is 0.313 e. The first-order valence-electron chi connectivity index (χ1n) is 7.68. The summed E-state index contributed by atoms with van der Waals surface area (Å²) in [4.78, 5) is 6.85. The Kier molecular flexibility index (Phi) is 5.80. The standard InChI is InChI=1S/C16H27N3/c1-3-11-19(13-16-8-4-5-10-18-16)14(2)15-7-6-9-17-12-15/h6-7,9,12,14,16,18H,3-5,8,10-11,13H2,1-2H3. The molecule has 2 unspecified atom stereocenters. The van der Waals surface area contributed by atoms with Gasteiger partial charge in [-0.2, -0.15) is 0 Å². The molecule has 1 fully saturated rings. The van der Waals surface area contributed by atoms with Gasteiger partial charge in [-0.05, 0) is 50.9 Å². The van der Waals surface area contributed by atoms with Crippen LogP contribution in [0.4, 0.5) is 0 Å². The Balaban J connectivity index is 1.97. The van der Waals surface area contributed by atoms with Gasteiger partial charge < -0.3 is 5.32 Å². The Morgan fingerprint density at radius 2 is 2.37 bits per heavy atom. The first-order chi connectivity index (χ1) is 9.31. The first-order valence-corrected chi connectivity index (χ1v) is 7.68. The zero-order valence-electron chi connectivity index (χ0n) is 12.3. The van der Waals surface area contributed by atoms with E-state index >= 15 is 0 Å². The Hall–Kier alpha value is -0.930. The zero-order chi connectivity index (χ0) is 13.5. The molecule has 1 aliphatic heterocycles. The molecule has 0 aliphatic carbocycles. The third-order valence-corrected chi connectivity index (χ3v) is 4.09. The van der Waals surface area contributed by atoms with Crippen LogP contribution in [0.25, 0.3) is 0 Å². The van der Waals surface area contributed by atoms with Gasteiger partial charge in [0.1, 0.15) is 0 Å². The fourth-order valence-corrected chi connectivity index (χ4v) is 2.93. The van der Waals surface area contributed by atoms with E-state index in [9.17, 15) is 0 Å². The Labute approximate surface area is 117 Å². The van der Waals surface area contributed by atoms with E-state index in [4.69, 9.17) is 0 Å². The maximum atomic E-state index is 4.25. The Bertz CT molecular complexity index is 346. The molecule has 106 valence electrons. The van der Waals surface area contributed by atoms with Gasteiger partial charge in [0.05, 0.1) is 0 Å². The number of pyridine rings is 1. The van der Waals surface area contributed by atoms with Crippen LogP contribution in [0.3, 0.4) is 0 Å². The van der Waals surface area contributed by atoms with E-state index in [1.165, 1.54) is 37.8 Å². The van der Waals surface area contributed by atoms with Crippen LogP contribution in [0.5, 0.6) is 0 Å². The van der Waals surface area contributed by atoms with Crippen LogP contribution >= 0.6 is 0 Å².